The molecule has 4 nitrogen and oxygen atoms in total. The maximum absolute atomic E-state index is 5.35. The van der Waals surface area contributed by atoms with Crippen molar-refractivity contribution in [3.05, 3.63) is 62.8 Å². The van der Waals surface area contributed by atoms with Crippen LogP contribution in [0, 0.1) is 0 Å². The Morgan fingerprint density at radius 2 is 2.17 bits per heavy atom. The van der Waals surface area contributed by atoms with E-state index in [1.54, 1.807) is 24.6 Å². The lowest BCUT2D eigenvalue weighted by Gasteiger charge is -2.12. The zero-order chi connectivity index (χ0) is 16.5. The fraction of sp³-hybridized carbons (Fsp3) is 0.111. The Morgan fingerprint density at radius 1 is 1.25 bits per heavy atom. The van der Waals surface area contributed by atoms with Crippen molar-refractivity contribution in [2.24, 2.45) is 0 Å². The quantitative estimate of drug-likeness (QED) is 0.670. The summed E-state index contributed by atoms with van der Waals surface area (Å²) >= 11 is 5.21. The number of aromatic nitrogens is 2. The molecule has 0 amide bonds. The summed E-state index contributed by atoms with van der Waals surface area (Å²) in [4.78, 5) is 10.1. The third-order valence-corrected chi connectivity index (χ3v) is 5.35. The van der Waals surface area contributed by atoms with Gasteiger partial charge in [0, 0.05) is 35.5 Å². The van der Waals surface area contributed by atoms with Gasteiger partial charge in [-0.3, -0.25) is 4.98 Å². The first-order chi connectivity index (χ1) is 11.7. The second-order valence-corrected chi connectivity index (χ2v) is 7.09. The number of halogens is 1. The molecule has 3 aromatic rings. The van der Waals surface area contributed by atoms with E-state index in [1.807, 2.05) is 23.7 Å². The first kappa shape index (κ1) is 15.4. The van der Waals surface area contributed by atoms with Crippen LogP contribution in [-0.4, -0.2) is 17.1 Å². The molecule has 0 saturated heterocycles. The van der Waals surface area contributed by atoms with Gasteiger partial charge in [-0.2, -0.15) is 0 Å². The van der Waals surface area contributed by atoms with E-state index in [0.717, 1.165) is 44.6 Å². The molecule has 1 N–H and O–H groups in total. The highest BCUT2D eigenvalue weighted by molar-refractivity contribution is 9.10. The van der Waals surface area contributed by atoms with Gasteiger partial charge < -0.3 is 10.1 Å². The van der Waals surface area contributed by atoms with Crippen LogP contribution in [0.4, 0.5) is 5.69 Å². The Morgan fingerprint density at radius 3 is 3.04 bits per heavy atom. The van der Waals surface area contributed by atoms with Gasteiger partial charge in [0.15, 0.2) is 0 Å². The number of methoxy groups -OCH3 is 1. The molecule has 4 rings (SSSR count). The Kier molecular flexibility index (Phi) is 4.08. The van der Waals surface area contributed by atoms with Crippen molar-refractivity contribution in [3.63, 3.8) is 0 Å². The number of allylic oxidation sites excluding steroid dienone is 2. The Labute approximate surface area is 152 Å². The number of benzene rings is 1. The minimum Gasteiger partial charge on any atom is -0.495 e. The highest BCUT2D eigenvalue weighted by atomic mass is 79.9. The molecular weight excluding hydrogens is 386 g/mol. The highest BCUT2D eigenvalue weighted by Crippen LogP contribution is 2.33. The van der Waals surface area contributed by atoms with Crippen molar-refractivity contribution in [1.29, 1.82) is 0 Å². The molecule has 0 spiro atoms. The monoisotopic (exact) mass is 399 g/mol. The molecule has 0 fully saturated rings. The fourth-order valence-electron chi connectivity index (χ4n) is 2.67. The van der Waals surface area contributed by atoms with Gasteiger partial charge in [-0.25, -0.2) is 4.98 Å². The number of hydrogen-bond acceptors (Lipinski definition) is 5. The average Bonchev–Trinajstić information content (AvgIpc) is 2.96. The van der Waals surface area contributed by atoms with Crippen molar-refractivity contribution in [2.45, 2.75) is 6.42 Å². The summed E-state index contributed by atoms with van der Waals surface area (Å²) in [5, 5.41) is 4.54. The lowest BCUT2D eigenvalue weighted by Crippen LogP contribution is -1.99. The second-order valence-electron chi connectivity index (χ2n) is 5.35. The Hall–Kier alpha value is -2.18. The largest absolute Gasteiger partial charge is 0.495 e. The molecule has 2 aromatic heterocycles. The van der Waals surface area contributed by atoms with Crippen LogP contribution >= 0.6 is 27.3 Å². The number of anilines is 1. The first-order valence-electron chi connectivity index (χ1n) is 7.44. The van der Waals surface area contributed by atoms with Crippen LogP contribution in [0.1, 0.15) is 10.6 Å². The Bertz CT molecular complexity index is 978. The Balaban J connectivity index is 1.70. The third-order valence-electron chi connectivity index (χ3n) is 3.90. The zero-order valence-corrected chi connectivity index (χ0v) is 15.3. The number of nitrogens with one attached hydrogen (secondary N) is 1. The van der Waals surface area contributed by atoms with Crippen molar-refractivity contribution in [2.75, 3.05) is 12.4 Å². The molecule has 0 saturated carbocycles. The summed E-state index contributed by atoms with van der Waals surface area (Å²) in [6.07, 6.45) is 8.99. The van der Waals surface area contributed by atoms with Crippen LogP contribution < -0.4 is 10.1 Å². The molecule has 6 heteroatoms. The molecule has 0 atom stereocenters. The van der Waals surface area contributed by atoms with E-state index in [4.69, 9.17) is 4.74 Å². The average molecular weight is 400 g/mol. The predicted molar refractivity (Wildman–Crippen MR) is 103 cm³/mol. The number of rotatable bonds is 3. The first-order valence-corrected chi connectivity index (χ1v) is 9.12. The van der Waals surface area contributed by atoms with E-state index in [1.165, 1.54) is 4.88 Å². The van der Waals surface area contributed by atoms with Gasteiger partial charge >= 0.3 is 0 Å². The van der Waals surface area contributed by atoms with Gasteiger partial charge in [-0.05, 0) is 40.2 Å². The minimum absolute atomic E-state index is 0.774. The van der Waals surface area contributed by atoms with Gasteiger partial charge in [-0.1, -0.05) is 6.08 Å². The van der Waals surface area contributed by atoms with E-state index in [0.29, 0.717) is 0 Å². The molecule has 2 heterocycles. The summed E-state index contributed by atoms with van der Waals surface area (Å²) in [6, 6.07) is 5.95. The van der Waals surface area contributed by atoms with Crippen LogP contribution in [0.25, 0.3) is 17.0 Å². The van der Waals surface area contributed by atoms with Crippen LogP contribution in [-0.2, 0) is 6.42 Å². The summed E-state index contributed by atoms with van der Waals surface area (Å²) in [7, 11) is 1.65. The maximum Gasteiger partial charge on any atom is 0.135 e. The molecule has 1 aliphatic carbocycles. The molecule has 120 valence electrons. The van der Waals surface area contributed by atoms with Crippen molar-refractivity contribution >= 4 is 49.9 Å². The molecule has 0 bridgehead atoms. The number of hydrogen-bond donors (Lipinski definition) is 1. The number of thiazole rings is 1. The normalized spacial score (nSPS) is 13.3. The second kappa shape index (κ2) is 6.37. The van der Waals surface area contributed by atoms with Gasteiger partial charge in [0.05, 0.1) is 33.2 Å². The SMILES string of the molecule is COc1cc2nccc(NC3=CCc4ncsc4C=C3)c2cc1Br. The zero-order valence-electron chi connectivity index (χ0n) is 12.9. The molecule has 0 radical (unpaired) electrons. The number of pyridine rings is 1. The van der Waals surface area contributed by atoms with E-state index in [2.05, 4.69) is 49.4 Å². The molecular formula is C18H14BrN3OS. The molecule has 0 aliphatic heterocycles. The number of ether oxygens (including phenoxy) is 1. The van der Waals surface area contributed by atoms with E-state index < -0.39 is 0 Å². The molecule has 24 heavy (non-hydrogen) atoms. The van der Waals surface area contributed by atoms with Gasteiger partial charge in [-0.15, -0.1) is 11.3 Å². The van der Waals surface area contributed by atoms with Gasteiger partial charge in [0.1, 0.15) is 5.75 Å². The van der Waals surface area contributed by atoms with Crippen molar-refractivity contribution < 1.29 is 4.74 Å². The van der Waals surface area contributed by atoms with Crippen molar-refractivity contribution in [1.82, 2.24) is 9.97 Å². The van der Waals surface area contributed by atoms with Crippen LogP contribution in [0.2, 0.25) is 0 Å². The minimum atomic E-state index is 0.774. The van der Waals surface area contributed by atoms with E-state index in [9.17, 15) is 0 Å². The molecule has 0 unspecified atom stereocenters. The fourth-order valence-corrected chi connectivity index (χ4v) is 3.89. The topological polar surface area (TPSA) is 47.0 Å². The predicted octanol–water partition coefficient (Wildman–Crippen LogP) is 5.03. The summed E-state index contributed by atoms with van der Waals surface area (Å²) in [5.41, 5.74) is 5.97. The summed E-state index contributed by atoms with van der Waals surface area (Å²) < 4.78 is 6.26. The van der Waals surface area contributed by atoms with Crippen LogP contribution in [0.3, 0.4) is 0 Å². The number of nitrogens with zero attached hydrogens (tertiary/aromatic N) is 2. The summed E-state index contributed by atoms with van der Waals surface area (Å²) in [6.45, 7) is 0. The standard InChI is InChI=1S/C18H14BrN3OS/c1-23-17-9-16-12(8-13(17)19)14(6-7-20-16)22-11-2-4-15-18(5-3-11)24-10-21-15/h2-3,5-10H,4H2,1H3,(H,20,22). The summed E-state index contributed by atoms with van der Waals surface area (Å²) in [5.74, 6) is 0.774. The smallest absolute Gasteiger partial charge is 0.135 e. The van der Waals surface area contributed by atoms with Gasteiger partial charge in [0.2, 0.25) is 0 Å². The lowest BCUT2D eigenvalue weighted by atomic mass is 10.1. The third kappa shape index (κ3) is 2.83. The number of fused-ring (bicyclic) bond motifs is 2. The van der Waals surface area contributed by atoms with Crippen LogP contribution in [0.5, 0.6) is 5.75 Å². The lowest BCUT2D eigenvalue weighted by molar-refractivity contribution is 0.412. The van der Waals surface area contributed by atoms with Crippen LogP contribution in [0.15, 0.2) is 52.2 Å². The van der Waals surface area contributed by atoms with E-state index >= 15 is 0 Å². The highest BCUT2D eigenvalue weighted by Gasteiger charge is 2.10. The molecule has 1 aromatic carbocycles. The van der Waals surface area contributed by atoms with E-state index in [-0.39, 0.29) is 0 Å². The van der Waals surface area contributed by atoms with Gasteiger partial charge in [0.25, 0.3) is 0 Å². The van der Waals surface area contributed by atoms with Crippen molar-refractivity contribution in [3.8, 4) is 5.75 Å². The maximum atomic E-state index is 5.35. The molecule has 1 aliphatic rings.